The number of aromatic hydroxyl groups is 1. The SMILES string of the molecule is Oc1cc(OC(F)(F)F)ccc1I. The van der Waals surface area contributed by atoms with Crippen molar-refractivity contribution >= 4 is 22.6 Å². The monoisotopic (exact) mass is 304 g/mol. The lowest BCUT2D eigenvalue weighted by molar-refractivity contribution is -0.274. The van der Waals surface area contributed by atoms with Gasteiger partial charge in [0.05, 0.1) is 3.57 Å². The Bertz CT molecular complexity index is 311. The second-order valence-corrected chi connectivity index (χ2v) is 3.32. The highest BCUT2D eigenvalue weighted by Gasteiger charge is 2.31. The Morgan fingerprint density at radius 3 is 2.38 bits per heavy atom. The standard InChI is InChI=1S/C7H4F3IO2/c8-7(9,10)13-4-1-2-5(11)6(12)3-4/h1-3,12H. The number of hydrogen-bond donors (Lipinski definition) is 1. The molecule has 72 valence electrons. The lowest BCUT2D eigenvalue weighted by atomic mass is 10.3. The van der Waals surface area contributed by atoms with Gasteiger partial charge in [-0.05, 0) is 34.7 Å². The van der Waals surface area contributed by atoms with E-state index in [-0.39, 0.29) is 5.75 Å². The predicted molar refractivity (Wildman–Crippen MR) is 47.5 cm³/mol. The van der Waals surface area contributed by atoms with Gasteiger partial charge < -0.3 is 9.84 Å². The van der Waals surface area contributed by atoms with E-state index < -0.39 is 12.1 Å². The lowest BCUT2D eigenvalue weighted by Crippen LogP contribution is -2.16. The molecule has 0 saturated heterocycles. The van der Waals surface area contributed by atoms with Crippen LogP contribution in [-0.4, -0.2) is 11.5 Å². The molecule has 0 aliphatic rings. The number of phenols is 1. The predicted octanol–water partition coefficient (Wildman–Crippen LogP) is 2.90. The molecule has 0 fully saturated rings. The molecule has 0 aliphatic carbocycles. The number of halogens is 4. The normalized spacial score (nSPS) is 11.4. The highest BCUT2D eigenvalue weighted by atomic mass is 127. The fourth-order valence-corrected chi connectivity index (χ4v) is 1.03. The summed E-state index contributed by atoms with van der Waals surface area (Å²) >= 11 is 1.79. The van der Waals surface area contributed by atoms with E-state index in [1.54, 1.807) is 22.6 Å². The van der Waals surface area contributed by atoms with Gasteiger partial charge in [-0.3, -0.25) is 0 Å². The molecule has 0 amide bonds. The van der Waals surface area contributed by atoms with Crippen molar-refractivity contribution in [3.63, 3.8) is 0 Å². The topological polar surface area (TPSA) is 29.5 Å². The first-order valence-electron chi connectivity index (χ1n) is 3.13. The van der Waals surface area contributed by atoms with Crippen molar-refractivity contribution in [2.24, 2.45) is 0 Å². The van der Waals surface area contributed by atoms with Crippen LogP contribution >= 0.6 is 22.6 Å². The Morgan fingerprint density at radius 2 is 1.92 bits per heavy atom. The molecule has 0 atom stereocenters. The van der Waals surface area contributed by atoms with Crippen LogP contribution in [0, 0.1) is 3.57 Å². The molecule has 0 aromatic heterocycles. The molecule has 6 heteroatoms. The average Bonchev–Trinajstić information content (AvgIpc) is 1.94. The van der Waals surface area contributed by atoms with Crippen molar-refractivity contribution in [2.75, 3.05) is 0 Å². The molecule has 1 aromatic carbocycles. The maximum atomic E-state index is 11.7. The van der Waals surface area contributed by atoms with Crippen molar-refractivity contribution in [1.82, 2.24) is 0 Å². The van der Waals surface area contributed by atoms with Crippen LogP contribution < -0.4 is 4.74 Å². The van der Waals surface area contributed by atoms with Gasteiger partial charge in [-0.2, -0.15) is 0 Å². The third-order valence-electron chi connectivity index (χ3n) is 1.15. The van der Waals surface area contributed by atoms with Crippen LogP contribution in [0.5, 0.6) is 11.5 Å². The van der Waals surface area contributed by atoms with Crippen molar-refractivity contribution in [3.05, 3.63) is 21.8 Å². The second-order valence-electron chi connectivity index (χ2n) is 2.16. The average molecular weight is 304 g/mol. The summed E-state index contributed by atoms with van der Waals surface area (Å²) in [6.45, 7) is 0. The number of benzene rings is 1. The van der Waals surface area contributed by atoms with Gasteiger partial charge in [-0.15, -0.1) is 13.2 Å². The molecule has 2 nitrogen and oxygen atoms in total. The van der Waals surface area contributed by atoms with Gasteiger partial charge >= 0.3 is 6.36 Å². The lowest BCUT2D eigenvalue weighted by Gasteiger charge is -2.08. The molecule has 1 rings (SSSR count). The molecule has 0 unspecified atom stereocenters. The molecule has 0 saturated carbocycles. The minimum Gasteiger partial charge on any atom is -0.507 e. The van der Waals surface area contributed by atoms with E-state index in [0.29, 0.717) is 3.57 Å². The van der Waals surface area contributed by atoms with Gasteiger partial charge in [0.15, 0.2) is 0 Å². The fourth-order valence-electron chi connectivity index (χ4n) is 0.690. The summed E-state index contributed by atoms with van der Waals surface area (Å²) in [6.07, 6.45) is -4.72. The highest BCUT2D eigenvalue weighted by molar-refractivity contribution is 14.1. The zero-order valence-corrected chi connectivity index (χ0v) is 8.26. The fraction of sp³-hybridized carbons (Fsp3) is 0.143. The largest absolute Gasteiger partial charge is 0.573 e. The quantitative estimate of drug-likeness (QED) is 0.808. The minimum absolute atomic E-state index is 0.234. The zero-order chi connectivity index (χ0) is 10.1. The van der Waals surface area contributed by atoms with Crippen LogP contribution in [0.1, 0.15) is 0 Å². The molecular weight excluding hydrogens is 300 g/mol. The van der Waals surface area contributed by atoms with Crippen molar-refractivity contribution in [2.45, 2.75) is 6.36 Å². The molecule has 0 radical (unpaired) electrons. The molecule has 0 heterocycles. The van der Waals surface area contributed by atoms with Crippen LogP contribution in [0.3, 0.4) is 0 Å². The summed E-state index contributed by atoms with van der Waals surface area (Å²) in [5.41, 5.74) is 0. The minimum atomic E-state index is -4.72. The number of phenolic OH excluding ortho intramolecular Hbond substituents is 1. The van der Waals surface area contributed by atoms with E-state index in [2.05, 4.69) is 4.74 Å². The van der Waals surface area contributed by atoms with E-state index >= 15 is 0 Å². The van der Waals surface area contributed by atoms with Crippen LogP contribution in [0.15, 0.2) is 18.2 Å². The van der Waals surface area contributed by atoms with Crippen molar-refractivity contribution < 1.29 is 23.0 Å². The van der Waals surface area contributed by atoms with Crippen LogP contribution in [0.4, 0.5) is 13.2 Å². The first-order valence-corrected chi connectivity index (χ1v) is 4.20. The third-order valence-corrected chi connectivity index (χ3v) is 2.06. The summed E-state index contributed by atoms with van der Waals surface area (Å²) < 4.78 is 39.0. The van der Waals surface area contributed by atoms with Crippen molar-refractivity contribution in [1.29, 1.82) is 0 Å². The van der Waals surface area contributed by atoms with Gasteiger partial charge in [0, 0.05) is 6.07 Å². The van der Waals surface area contributed by atoms with Crippen LogP contribution in [-0.2, 0) is 0 Å². The van der Waals surface area contributed by atoms with E-state index in [0.717, 1.165) is 12.1 Å². The molecule has 1 N–H and O–H groups in total. The summed E-state index contributed by atoms with van der Waals surface area (Å²) in [7, 11) is 0. The summed E-state index contributed by atoms with van der Waals surface area (Å²) in [4.78, 5) is 0. The summed E-state index contributed by atoms with van der Waals surface area (Å²) in [5.74, 6) is -0.659. The number of hydrogen-bond acceptors (Lipinski definition) is 2. The first kappa shape index (κ1) is 10.4. The molecular formula is C7H4F3IO2. The highest BCUT2D eigenvalue weighted by Crippen LogP contribution is 2.28. The Labute approximate surface area is 85.5 Å². The van der Waals surface area contributed by atoms with E-state index in [1.807, 2.05) is 0 Å². The molecule has 13 heavy (non-hydrogen) atoms. The maximum absolute atomic E-state index is 11.7. The van der Waals surface area contributed by atoms with Gasteiger partial charge in [-0.25, -0.2) is 0 Å². The molecule has 0 bridgehead atoms. The second kappa shape index (κ2) is 3.60. The van der Waals surface area contributed by atoms with Gasteiger partial charge in [-0.1, -0.05) is 0 Å². The van der Waals surface area contributed by atoms with Gasteiger partial charge in [0.1, 0.15) is 11.5 Å². The Kier molecular flexibility index (Phi) is 2.89. The van der Waals surface area contributed by atoms with Gasteiger partial charge in [0.2, 0.25) is 0 Å². The molecule has 0 spiro atoms. The molecule has 0 aliphatic heterocycles. The Hall–Kier alpha value is -0.660. The van der Waals surface area contributed by atoms with E-state index in [9.17, 15) is 13.2 Å². The van der Waals surface area contributed by atoms with Crippen LogP contribution in [0.25, 0.3) is 0 Å². The summed E-state index contributed by atoms with van der Waals surface area (Å²) in [6, 6.07) is 3.38. The first-order chi connectivity index (χ1) is 5.88. The summed E-state index contributed by atoms with van der Waals surface area (Å²) in [5, 5.41) is 9.04. The maximum Gasteiger partial charge on any atom is 0.573 e. The number of ether oxygens (including phenoxy) is 1. The smallest absolute Gasteiger partial charge is 0.507 e. The van der Waals surface area contributed by atoms with Gasteiger partial charge in [0.25, 0.3) is 0 Å². The third kappa shape index (κ3) is 3.29. The Morgan fingerprint density at radius 1 is 1.31 bits per heavy atom. The zero-order valence-electron chi connectivity index (χ0n) is 6.10. The van der Waals surface area contributed by atoms with E-state index in [4.69, 9.17) is 5.11 Å². The number of rotatable bonds is 1. The van der Waals surface area contributed by atoms with Crippen LogP contribution in [0.2, 0.25) is 0 Å². The van der Waals surface area contributed by atoms with Crippen molar-refractivity contribution in [3.8, 4) is 11.5 Å². The Balaban J connectivity index is 2.86. The molecule has 1 aromatic rings. The van der Waals surface area contributed by atoms with E-state index in [1.165, 1.54) is 6.07 Å². The number of alkyl halides is 3.